The maximum atomic E-state index is 13.0. The highest BCUT2D eigenvalue weighted by Crippen LogP contribution is 2.26. The third-order valence-corrected chi connectivity index (χ3v) is 6.04. The molecule has 0 aliphatic carbocycles. The predicted octanol–water partition coefficient (Wildman–Crippen LogP) is 5.90. The molecule has 7 heteroatoms. The Hall–Kier alpha value is -3.97. The molecule has 0 saturated carbocycles. The summed E-state index contributed by atoms with van der Waals surface area (Å²) in [4.78, 5) is 37.6. The second-order valence-corrected chi connectivity index (χ2v) is 8.26. The Kier molecular flexibility index (Phi) is 6.51. The van der Waals surface area contributed by atoms with Crippen molar-refractivity contribution in [1.29, 1.82) is 0 Å². The molecule has 4 aromatic carbocycles. The van der Waals surface area contributed by atoms with E-state index < -0.39 is 11.9 Å². The average molecular weight is 459 g/mol. The molecule has 5 nitrogen and oxygen atoms in total. The fraction of sp³-hybridized carbons (Fsp3) is 0.0385. The second kappa shape index (κ2) is 9.67. The monoisotopic (exact) mass is 459 g/mol. The van der Waals surface area contributed by atoms with E-state index in [1.807, 2.05) is 0 Å². The van der Waals surface area contributed by atoms with E-state index in [2.05, 4.69) is 5.32 Å². The molecule has 4 aromatic rings. The van der Waals surface area contributed by atoms with Gasteiger partial charge in [-0.25, -0.2) is 9.18 Å². The summed E-state index contributed by atoms with van der Waals surface area (Å²) in [5.41, 5.74) is 1.33. The number of carbonyl (C=O) groups is 3. The Morgan fingerprint density at radius 1 is 0.818 bits per heavy atom. The number of thioether (sulfide) groups is 1. The van der Waals surface area contributed by atoms with Gasteiger partial charge < -0.3 is 10.4 Å². The minimum Gasteiger partial charge on any atom is -0.478 e. The summed E-state index contributed by atoms with van der Waals surface area (Å²) < 4.78 is 13.0. The summed E-state index contributed by atoms with van der Waals surface area (Å²) >= 11 is 1.34. The van der Waals surface area contributed by atoms with Gasteiger partial charge in [0.15, 0.2) is 5.78 Å². The molecule has 0 fully saturated rings. The molecule has 164 valence electrons. The van der Waals surface area contributed by atoms with Crippen molar-refractivity contribution in [3.63, 3.8) is 0 Å². The number of carboxylic acid groups (broad SMARTS) is 1. The van der Waals surface area contributed by atoms with E-state index in [1.54, 1.807) is 54.6 Å². The van der Waals surface area contributed by atoms with E-state index in [-0.39, 0.29) is 28.5 Å². The lowest BCUT2D eigenvalue weighted by Gasteiger charge is -2.11. The first-order valence-corrected chi connectivity index (χ1v) is 11.0. The zero-order valence-electron chi connectivity index (χ0n) is 17.2. The molecule has 0 atom stereocenters. The van der Waals surface area contributed by atoms with Crippen LogP contribution in [0, 0.1) is 5.82 Å². The molecule has 2 N–H and O–H groups in total. The summed E-state index contributed by atoms with van der Waals surface area (Å²) in [5.74, 6) is -1.81. The van der Waals surface area contributed by atoms with Crippen molar-refractivity contribution >= 4 is 45.9 Å². The van der Waals surface area contributed by atoms with Crippen molar-refractivity contribution in [1.82, 2.24) is 0 Å². The van der Waals surface area contributed by atoms with Crippen LogP contribution >= 0.6 is 11.8 Å². The van der Waals surface area contributed by atoms with Gasteiger partial charge in [0, 0.05) is 27.1 Å². The van der Waals surface area contributed by atoms with Crippen LogP contribution in [0.3, 0.4) is 0 Å². The highest BCUT2D eigenvalue weighted by atomic mass is 32.2. The van der Waals surface area contributed by atoms with Crippen molar-refractivity contribution in [2.45, 2.75) is 4.90 Å². The molecule has 0 bridgehead atoms. The van der Waals surface area contributed by atoms with Crippen LogP contribution in [-0.4, -0.2) is 28.5 Å². The van der Waals surface area contributed by atoms with Gasteiger partial charge in [-0.2, -0.15) is 0 Å². The predicted molar refractivity (Wildman–Crippen MR) is 127 cm³/mol. The number of nitrogens with one attached hydrogen (secondary N) is 1. The van der Waals surface area contributed by atoms with E-state index in [0.717, 1.165) is 4.90 Å². The van der Waals surface area contributed by atoms with E-state index in [9.17, 15) is 23.9 Å². The van der Waals surface area contributed by atoms with Crippen molar-refractivity contribution in [2.24, 2.45) is 0 Å². The molecular weight excluding hydrogens is 441 g/mol. The van der Waals surface area contributed by atoms with Crippen LogP contribution in [0.2, 0.25) is 0 Å². The number of hydrogen-bond acceptors (Lipinski definition) is 4. The summed E-state index contributed by atoms with van der Waals surface area (Å²) in [7, 11) is 0. The second-order valence-electron chi connectivity index (χ2n) is 7.21. The van der Waals surface area contributed by atoms with E-state index in [0.29, 0.717) is 22.0 Å². The molecule has 1 amide bonds. The average Bonchev–Trinajstić information content (AvgIpc) is 2.83. The number of Topliss-reactive ketones (excluding diaryl/α,β-unsaturated/α-hetero) is 1. The lowest BCUT2D eigenvalue weighted by molar-refractivity contribution is 0.0698. The topological polar surface area (TPSA) is 83.5 Å². The first-order chi connectivity index (χ1) is 15.9. The summed E-state index contributed by atoms with van der Waals surface area (Å²) in [5, 5.41) is 13.4. The van der Waals surface area contributed by atoms with E-state index in [4.69, 9.17) is 0 Å². The van der Waals surface area contributed by atoms with Crippen LogP contribution in [0.5, 0.6) is 0 Å². The highest BCUT2D eigenvalue weighted by molar-refractivity contribution is 8.00. The number of ketones is 1. The third-order valence-electron chi connectivity index (χ3n) is 5.03. The number of halogens is 1. The minimum absolute atomic E-state index is 0.0656. The number of hydrogen-bond donors (Lipinski definition) is 2. The van der Waals surface area contributed by atoms with Gasteiger partial charge in [-0.15, -0.1) is 11.8 Å². The number of anilines is 1. The van der Waals surface area contributed by atoms with E-state index >= 15 is 0 Å². The number of fused-ring (bicyclic) bond motifs is 1. The largest absolute Gasteiger partial charge is 0.478 e. The fourth-order valence-electron chi connectivity index (χ4n) is 3.41. The molecule has 0 saturated heterocycles. The normalized spacial score (nSPS) is 10.7. The van der Waals surface area contributed by atoms with Crippen LogP contribution in [0.1, 0.15) is 31.1 Å². The minimum atomic E-state index is -1.10. The number of rotatable bonds is 7. The lowest BCUT2D eigenvalue weighted by Crippen LogP contribution is -2.13. The third kappa shape index (κ3) is 5.10. The van der Waals surface area contributed by atoms with Gasteiger partial charge in [-0.05, 0) is 66.0 Å². The quantitative estimate of drug-likeness (QED) is 0.265. The van der Waals surface area contributed by atoms with Crippen molar-refractivity contribution in [2.75, 3.05) is 11.1 Å². The van der Waals surface area contributed by atoms with Gasteiger partial charge in [-0.1, -0.05) is 24.3 Å². The molecule has 0 heterocycles. The number of carbonyl (C=O) groups excluding carboxylic acids is 2. The number of aromatic carboxylic acids is 1. The summed E-state index contributed by atoms with van der Waals surface area (Å²) in [6.07, 6.45) is 0. The molecular formula is C26H18FNO4S. The Balaban J connectivity index is 1.45. The van der Waals surface area contributed by atoms with Crippen LogP contribution in [0.25, 0.3) is 10.8 Å². The smallest absolute Gasteiger partial charge is 0.336 e. The maximum Gasteiger partial charge on any atom is 0.336 e. The van der Waals surface area contributed by atoms with Crippen molar-refractivity contribution < 1.29 is 23.9 Å². The lowest BCUT2D eigenvalue weighted by atomic mass is 9.98. The summed E-state index contributed by atoms with van der Waals surface area (Å²) in [6, 6.07) is 22.4. The highest BCUT2D eigenvalue weighted by Gasteiger charge is 2.16. The standard InChI is InChI=1S/C26H18FNO4S/c27-18-9-7-16(8-10-18)23(29)15-33-20-13-11-19(12-14-20)28-25(30)21-5-1-3-17-4-2-6-22(24(17)21)26(31)32/h1-14H,15H2,(H,28,30)(H,31,32). The van der Waals surface area contributed by atoms with Gasteiger partial charge in [-0.3, -0.25) is 9.59 Å². The fourth-order valence-corrected chi connectivity index (χ4v) is 4.20. The SMILES string of the molecule is O=C(CSc1ccc(NC(=O)c2cccc3cccc(C(=O)O)c23)cc1)c1ccc(F)cc1. The van der Waals surface area contributed by atoms with Crippen LogP contribution in [0.15, 0.2) is 89.8 Å². The molecule has 0 spiro atoms. The first-order valence-electron chi connectivity index (χ1n) is 10.0. The van der Waals surface area contributed by atoms with Crippen LogP contribution < -0.4 is 5.32 Å². The van der Waals surface area contributed by atoms with Crippen LogP contribution in [-0.2, 0) is 0 Å². The van der Waals surface area contributed by atoms with Gasteiger partial charge in [0.25, 0.3) is 5.91 Å². The first kappa shape index (κ1) is 22.2. The van der Waals surface area contributed by atoms with Gasteiger partial charge >= 0.3 is 5.97 Å². The zero-order chi connectivity index (χ0) is 23.4. The van der Waals surface area contributed by atoms with Crippen LogP contribution in [0.4, 0.5) is 10.1 Å². The maximum absolute atomic E-state index is 13.0. The van der Waals surface area contributed by atoms with Gasteiger partial charge in [0.2, 0.25) is 0 Å². The van der Waals surface area contributed by atoms with Gasteiger partial charge in [0.1, 0.15) is 5.82 Å². The molecule has 0 aliphatic rings. The summed E-state index contributed by atoms with van der Waals surface area (Å²) in [6.45, 7) is 0. The number of carboxylic acids is 1. The Morgan fingerprint density at radius 3 is 2.09 bits per heavy atom. The number of amides is 1. The molecule has 0 aromatic heterocycles. The van der Waals surface area contributed by atoms with Crippen molar-refractivity contribution in [3.05, 3.63) is 107 Å². The number of benzene rings is 4. The van der Waals surface area contributed by atoms with Crippen molar-refractivity contribution in [3.8, 4) is 0 Å². The molecule has 0 unspecified atom stereocenters. The van der Waals surface area contributed by atoms with Gasteiger partial charge in [0.05, 0.1) is 11.3 Å². The zero-order valence-corrected chi connectivity index (χ0v) is 18.1. The molecule has 0 radical (unpaired) electrons. The Labute approximate surface area is 193 Å². The molecule has 0 aliphatic heterocycles. The molecule has 4 rings (SSSR count). The Morgan fingerprint density at radius 2 is 1.45 bits per heavy atom. The molecule has 33 heavy (non-hydrogen) atoms. The van der Waals surface area contributed by atoms with E-state index in [1.165, 1.54) is 42.1 Å². The Bertz CT molecular complexity index is 1350.